The van der Waals surface area contributed by atoms with Crippen molar-refractivity contribution in [3.8, 4) is 22.8 Å². The van der Waals surface area contributed by atoms with Crippen LogP contribution in [0.15, 0.2) is 54.7 Å². The van der Waals surface area contributed by atoms with Crippen molar-refractivity contribution in [2.45, 2.75) is 0 Å². The number of rotatable bonds is 4. The van der Waals surface area contributed by atoms with E-state index in [1.54, 1.807) is 50.2 Å². The number of nitrogens with zero attached hydrogens (tertiary/aromatic N) is 4. The number of aromatic nitrogens is 3. The van der Waals surface area contributed by atoms with Crippen LogP contribution in [-0.4, -0.2) is 40.8 Å². The average Bonchev–Trinajstić information content (AvgIpc) is 3.27. The van der Waals surface area contributed by atoms with Crippen molar-refractivity contribution < 1.29 is 19.1 Å². The van der Waals surface area contributed by atoms with Crippen LogP contribution in [0.3, 0.4) is 0 Å². The van der Waals surface area contributed by atoms with Crippen LogP contribution in [0.4, 0.5) is 5.69 Å². The lowest BCUT2D eigenvalue weighted by Crippen LogP contribution is -2.29. The monoisotopic (exact) mass is 414 g/mol. The van der Waals surface area contributed by atoms with E-state index in [1.807, 2.05) is 24.3 Å². The van der Waals surface area contributed by atoms with Crippen LogP contribution < -0.4 is 14.4 Å². The molecule has 0 spiro atoms. The number of ether oxygens (including phenoxy) is 2. The second-order valence-electron chi connectivity index (χ2n) is 7.09. The maximum absolute atomic E-state index is 13.5. The van der Waals surface area contributed by atoms with E-state index in [9.17, 15) is 9.59 Å². The van der Waals surface area contributed by atoms with Crippen molar-refractivity contribution in [3.63, 3.8) is 0 Å². The Morgan fingerprint density at radius 2 is 1.45 bits per heavy atom. The molecule has 154 valence electrons. The second-order valence-corrected chi connectivity index (χ2v) is 7.09. The molecule has 0 unspecified atom stereocenters. The zero-order valence-electron chi connectivity index (χ0n) is 17.1. The Kier molecular flexibility index (Phi) is 4.21. The molecule has 31 heavy (non-hydrogen) atoms. The Hall–Kier alpha value is -4.20. The van der Waals surface area contributed by atoms with E-state index in [0.717, 1.165) is 10.5 Å². The average molecular weight is 414 g/mol. The minimum atomic E-state index is -0.413. The van der Waals surface area contributed by atoms with Gasteiger partial charge in [-0.2, -0.15) is 5.10 Å². The van der Waals surface area contributed by atoms with E-state index < -0.39 is 11.8 Å². The fourth-order valence-electron chi connectivity index (χ4n) is 3.84. The Balaban J connectivity index is 1.69. The summed E-state index contributed by atoms with van der Waals surface area (Å²) in [6.07, 6.45) is 1.45. The minimum Gasteiger partial charge on any atom is -0.497 e. The Bertz CT molecular complexity index is 1340. The first-order valence-corrected chi connectivity index (χ1v) is 9.56. The molecule has 1 aliphatic rings. The first kappa shape index (κ1) is 18.8. The van der Waals surface area contributed by atoms with Gasteiger partial charge in [-0.1, -0.05) is 0 Å². The van der Waals surface area contributed by atoms with Crippen LogP contribution in [0.5, 0.6) is 11.5 Å². The zero-order chi connectivity index (χ0) is 21.7. The van der Waals surface area contributed by atoms with Gasteiger partial charge in [-0.25, -0.2) is 14.6 Å². The first-order chi connectivity index (χ1) is 15.0. The summed E-state index contributed by atoms with van der Waals surface area (Å²) in [5.41, 5.74) is 2.95. The van der Waals surface area contributed by atoms with Gasteiger partial charge in [0.1, 0.15) is 17.2 Å². The molecular formula is C23H18N4O4. The van der Waals surface area contributed by atoms with E-state index in [-0.39, 0.29) is 5.56 Å². The SMILES string of the molecule is COc1ccc(-c2nn(C)c3ncc4c(c23)C(=O)N(c2ccc(OC)cc2)C4=O)cc1. The van der Waals surface area contributed by atoms with Gasteiger partial charge in [-0.3, -0.25) is 9.59 Å². The van der Waals surface area contributed by atoms with E-state index in [4.69, 9.17) is 9.47 Å². The van der Waals surface area contributed by atoms with Crippen molar-refractivity contribution in [2.24, 2.45) is 7.05 Å². The standard InChI is InChI=1S/C23H18N4O4/c1-26-21-19(20(25-26)13-4-8-15(30-2)9-5-13)18-17(12-24-21)22(28)27(23(18)29)14-6-10-16(31-3)11-7-14/h4-12H,1-3H3. The summed E-state index contributed by atoms with van der Waals surface area (Å²) in [4.78, 5) is 32.2. The number of hydrogen-bond acceptors (Lipinski definition) is 6. The minimum absolute atomic E-state index is 0.260. The van der Waals surface area contributed by atoms with Gasteiger partial charge in [0.15, 0.2) is 5.65 Å². The third-order valence-electron chi connectivity index (χ3n) is 5.40. The molecule has 3 heterocycles. The van der Waals surface area contributed by atoms with Gasteiger partial charge in [-0.15, -0.1) is 0 Å². The molecule has 0 saturated carbocycles. The molecule has 0 fully saturated rings. The van der Waals surface area contributed by atoms with Crippen LogP contribution in [-0.2, 0) is 7.05 Å². The van der Waals surface area contributed by atoms with Crippen molar-refractivity contribution in [1.29, 1.82) is 0 Å². The molecule has 0 bridgehead atoms. The van der Waals surface area contributed by atoms with Crippen LogP contribution in [0.1, 0.15) is 20.7 Å². The molecule has 0 aliphatic carbocycles. The third-order valence-corrected chi connectivity index (χ3v) is 5.40. The van der Waals surface area contributed by atoms with E-state index in [0.29, 0.717) is 39.5 Å². The molecule has 5 rings (SSSR count). The number of hydrogen-bond donors (Lipinski definition) is 0. The molecule has 0 radical (unpaired) electrons. The number of fused-ring (bicyclic) bond motifs is 3. The van der Waals surface area contributed by atoms with Gasteiger partial charge < -0.3 is 9.47 Å². The molecule has 0 atom stereocenters. The number of benzene rings is 2. The Morgan fingerprint density at radius 1 is 0.839 bits per heavy atom. The number of aryl methyl sites for hydroxylation is 1. The molecule has 1 aliphatic heterocycles. The molecule has 2 amide bonds. The molecule has 4 aromatic rings. The highest BCUT2D eigenvalue weighted by Crippen LogP contribution is 2.37. The largest absolute Gasteiger partial charge is 0.497 e. The van der Waals surface area contributed by atoms with Crippen molar-refractivity contribution in [2.75, 3.05) is 19.1 Å². The Morgan fingerprint density at radius 3 is 2.06 bits per heavy atom. The molecule has 8 heteroatoms. The van der Waals surface area contributed by atoms with E-state index in [2.05, 4.69) is 10.1 Å². The van der Waals surface area contributed by atoms with Gasteiger partial charge in [0, 0.05) is 18.8 Å². The number of amides is 2. The summed E-state index contributed by atoms with van der Waals surface area (Å²) < 4.78 is 12.0. The number of pyridine rings is 1. The first-order valence-electron chi connectivity index (χ1n) is 9.56. The summed E-state index contributed by atoms with van der Waals surface area (Å²) in [6.45, 7) is 0. The smallest absolute Gasteiger partial charge is 0.267 e. The van der Waals surface area contributed by atoms with E-state index in [1.165, 1.54) is 6.20 Å². The normalized spacial score (nSPS) is 13.1. The van der Waals surface area contributed by atoms with Gasteiger partial charge in [0.2, 0.25) is 0 Å². The molecule has 2 aromatic carbocycles. The predicted molar refractivity (Wildman–Crippen MR) is 115 cm³/mol. The van der Waals surface area contributed by atoms with Crippen molar-refractivity contribution in [3.05, 3.63) is 65.9 Å². The number of imide groups is 1. The Labute approximate surface area is 177 Å². The fraction of sp³-hybridized carbons (Fsp3) is 0.130. The number of carbonyl (C=O) groups excluding carboxylic acids is 2. The van der Waals surface area contributed by atoms with Gasteiger partial charge in [0.25, 0.3) is 11.8 Å². The lowest BCUT2D eigenvalue weighted by atomic mass is 10.0. The molecule has 8 nitrogen and oxygen atoms in total. The van der Waals surface area contributed by atoms with Gasteiger partial charge in [0.05, 0.1) is 36.4 Å². The highest BCUT2D eigenvalue weighted by molar-refractivity contribution is 6.38. The summed E-state index contributed by atoms with van der Waals surface area (Å²) in [7, 11) is 4.92. The molecule has 0 N–H and O–H groups in total. The maximum atomic E-state index is 13.5. The number of carbonyl (C=O) groups is 2. The molecule has 2 aromatic heterocycles. The second kappa shape index (κ2) is 6.94. The van der Waals surface area contributed by atoms with Crippen LogP contribution in [0, 0.1) is 0 Å². The lowest BCUT2D eigenvalue weighted by Gasteiger charge is -2.14. The lowest BCUT2D eigenvalue weighted by molar-refractivity contribution is 0.0926. The van der Waals surface area contributed by atoms with E-state index >= 15 is 0 Å². The summed E-state index contributed by atoms with van der Waals surface area (Å²) in [6, 6.07) is 14.1. The predicted octanol–water partition coefficient (Wildman–Crippen LogP) is 3.45. The quantitative estimate of drug-likeness (QED) is 0.476. The van der Waals surface area contributed by atoms with Crippen molar-refractivity contribution in [1.82, 2.24) is 14.8 Å². The molecule has 0 saturated heterocycles. The van der Waals surface area contributed by atoms with Gasteiger partial charge in [-0.05, 0) is 48.5 Å². The van der Waals surface area contributed by atoms with Crippen LogP contribution in [0.25, 0.3) is 22.3 Å². The van der Waals surface area contributed by atoms with Gasteiger partial charge >= 0.3 is 0 Å². The summed E-state index contributed by atoms with van der Waals surface area (Å²) in [5.74, 6) is 0.534. The number of methoxy groups -OCH3 is 2. The van der Waals surface area contributed by atoms with Crippen molar-refractivity contribution >= 4 is 28.5 Å². The zero-order valence-corrected chi connectivity index (χ0v) is 17.1. The van der Waals surface area contributed by atoms with Crippen LogP contribution in [0.2, 0.25) is 0 Å². The topological polar surface area (TPSA) is 86.6 Å². The summed E-state index contributed by atoms with van der Waals surface area (Å²) in [5, 5.41) is 5.14. The number of anilines is 1. The third kappa shape index (κ3) is 2.76. The summed E-state index contributed by atoms with van der Waals surface area (Å²) >= 11 is 0. The maximum Gasteiger partial charge on any atom is 0.267 e. The molecular weight excluding hydrogens is 396 g/mol. The highest BCUT2D eigenvalue weighted by atomic mass is 16.5. The fourth-order valence-corrected chi connectivity index (χ4v) is 3.84. The van der Waals surface area contributed by atoms with Crippen LogP contribution >= 0.6 is 0 Å². The highest BCUT2D eigenvalue weighted by Gasteiger charge is 2.40.